The van der Waals surface area contributed by atoms with Crippen LogP contribution in [0.4, 0.5) is 0 Å². The van der Waals surface area contributed by atoms with Crippen LogP contribution in [0.15, 0.2) is 47.1 Å². The molecule has 4 aliphatic rings. The highest BCUT2D eigenvalue weighted by molar-refractivity contribution is 5.93. The summed E-state index contributed by atoms with van der Waals surface area (Å²) >= 11 is 0. The van der Waals surface area contributed by atoms with Crippen molar-refractivity contribution in [2.75, 3.05) is 19.7 Å². The standard InChI is InChI=1S/C29H33NO3/c1-3-14-30-15-16-33-22-8-4-19(5-9-22)25-18-29(2)26(12-13-27(29)32)24-10-6-20-17-21(31)7-11-23(20)28(24)25/h1,4-5,8-9,17,24-26,30H,6-7,10-16,18H2,2H3/t24?,25-,26?,29+/m1/s1. The zero-order chi connectivity index (χ0) is 23.0. The monoisotopic (exact) mass is 443 g/mol. The summed E-state index contributed by atoms with van der Waals surface area (Å²) in [6, 6.07) is 8.44. The molecule has 4 heteroatoms. The highest BCUT2D eigenvalue weighted by atomic mass is 16.5. The van der Waals surface area contributed by atoms with E-state index in [0.29, 0.717) is 50.2 Å². The molecule has 4 aliphatic carbocycles. The van der Waals surface area contributed by atoms with E-state index in [1.165, 1.54) is 22.3 Å². The lowest BCUT2D eigenvalue weighted by molar-refractivity contribution is -0.128. The maximum atomic E-state index is 13.0. The van der Waals surface area contributed by atoms with E-state index in [9.17, 15) is 9.59 Å². The lowest BCUT2D eigenvalue weighted by Gasteiger charge is -2.50. The predicted molar refractivity (Wildman–Crippen MR) is 129 cm³/mol. The topological polar surface area (TPSA) is 55.4 Å². The van der Waals surface area contributed by atoms with E-state index >= 15 is 0 Å². The number of Topliss-reactive ketones (excluding diaryl/α,β-unsaturated/α-hetero) is 1. The van der Waals surface area contributed by atoms with Gasteiger partial charge in [-0.3, -0.25) is 9.59 Å². The van der Waals surface area contributed by atoms with Crippen molar-refractivity contribution in [1.29, 1.82) is 0 Å². The molecule has 2 unspecified atom stereocenters. The fourth-order valence-corrected chi connectivity index (χ4v) is 6.93. The fraction of sp³-hybridized carbons (Fsp3) is 0.517. The minimum absolute atomic E-state index is 0.233. The van der Waals surface area contributed by atoms with Crippen molar-refractivity contribution < 1.29 is 14.3 Å². The summed E-state index contributed by atoms with van der Waals surface area (Å²) in [5, 5.41) is 3.13. The Morgan fingerprint density at radius 3 is 2.73 bits per heavy atom. The predicted octanol–water partition coefficient (Wildman–Crippen LogP) is 4.76. The van der Waals surface area contributed by atoms with Gasteiger partial charge in [-0.15, -0.1) is 6.42 Å². The Labute approximate surface area is 196 Å². The number of hydrogen-bond acceptors (Lipinski definition) is 4. The van der Waals surface area contributed by atoms with Gasteiger partial charge in [-0.2, -0.15) is 0 Å². The SMILES string of the molecule is C#CCNCCOc1ccc([C@H]2C[C@]3(C)C(=O)CCC3C3CCC4=CC(=O)CCC4=C32)cc1. The lowest BCUT2D eigenvalue weighted by atomic mass is 9.53. The third-order valence-electron chi connectivity index (χ3n) is 8.50. The molecule has 2 fully saturated rings. The van der Waals surface area contributed by atoms with Gasteiger partial charge in [-0.25, -0.2) is 0 Å². The number of carbonyl (C=O) groups is 2. The molecule has 0 saturated heterocycles. The second-order valence-electron chi connectivity index (χ2n) is 10.3. The Morgan fingerprint density at radius 2 is 1.94 bits per heavy atom. The molecule has 0 aliphatic heterocycles. The first kappa shape index (κ1) is 22.2. The number of carbonyl (C=O) groups excluding carboxylic acids is 2. The number of hydrogen-bond donors (Lipinski definition) is 1. The molecule has 172 valence electrons. The van der Waals surface area contributed by atoms with Crippen molar-refractivity contribution in [3.8, 4) is 18.1 Å². The van der Waals surface area contributed by atoms with Gasteiger partial charge in [0.05, 0.1) is 6.54 Å². The molecule has 4 nitrogen and oxygen atoms in total. The molecule has 1 aromatic carbocycles. The van der Waals surface area contributed by atoms with Crippen LogP contribution in [-0.2, 0) is 9.59 Å². The van der Waals surface area contributed by atoms with E-state index in [2.05, 4.69) is 30.3 Å². The number of fused-ring (bicyclic) bond motifs is 4. The summed E-state index contributed by atoms with van der Waals surface area (Å²) in [4.78, 5) is 25.2. The average Bonchev–Trinajstić information content (AvgIpc) is 3.12. The van der Waals surface area contributed by atoms with Crippen LogP contribution >= 0.6 is 0 Å². The highest BCUT2D eigenvalue weighted by Gasteiger charge is 2.56. The van der Waals surface area contributed by atoms with Gasteiger partial charge in [0, 0.05) is 30.7 Å². The van der Waals surface area contributed by atoms with Gasteiger partial charge in [0.1, 0.15) is 18.1 Å². The van der Waals surface area contributed by atoms with Gasteiger partial charge in [-0.1, -0.05) is 30.6 Å². The Balaban J connectivity index is 1.46. The molecule has 33 heavy (non-hydrogen) atoms. The molecule has 0 aromatic heterocycles. The molecular formula is C29H33NO3. The molecule has 5 rings (SSSR count). The van der Waals surface area contributed by atoms with Crippen molar-refractivity contribution in [3.05, 3.63) is 52.6 Å². The number of terminal acetylenes is 1. The first-order valence-corrected chi connectivity index (χ1v) is 12.4. The van der Waals surface area contributed by atoms with Crippen molar-refractivity contribution in [3.63, 3.8) is 0 Å². The second kappa shape index (κ2) is 8.95. The maximum absolute atomic E-state index is 13.0. The minimum atomic E-state index is -0.233. The van der Waals surface area contributed by atoms with Gasteiger partial charge in [0.2, 0.25) is 0 Å². The number of allylic oxidation sites excluding steroid dienone is 4. The van der Waals surface area contributed by atoms with E-state index in [4.69, 9.17) is 11.2 Å². The zero-order valence-corrected chi connectivity index (χ0v) is 19.5. The number of nitrogens with one attached hydrogen (secondary N) is 1. The van der Waals surface area contributed by atoms with Crippen LogP contribution in [0.25, 0.3) is 0 Å². The summed E-state index contributed by atoms with van der Waals surface area (Å²) in [7, 11) is 0. The first-order chi connectivity index (χ1) is 16.0. The molecule has 0 radical (unpaired) electrons. The first-order valence-electron chi connectivity index (χ1n) is 12.4. The van der Waals surface area contributed by atoms with Crippen LogP contribution in [0.2, 0.25) is 0 Å². The maximum Gasteiger partial charge on any atom is 0.156 e. The van der Waals surface area contributed by atoms with E-state index in [0.717, 1.165) is 37.9 Å². The quantitative estimate of drug-likeness (QED) is 0.509. The molecule has 0 heterocycles. The summed E-state index contributed by atoms with van der Waals surface area (Å²) in [5.74, 6) is 5.25. The Bertz CT molecular complexity index is 1060. The Morgan fingerprint density at radius 1 is 1.12 bits per heavy atom. The normalized spacial score (nSPS) is 30.8. The third kappa shape index (κ3) is 3.97. The highest BCUT2D eigenvalue weighted by Crippen LogP contribution is 2.62. The number of ether oxygens (including phenoxy) is 1. The van der Waals surface area contributed by atoms with Crippen molar-refractivity contribution in [2.45, 2.75) is 57.8 Å². The minimum Gasteiger partial charge on any atom is -0.492 e. The molecule has 0 bridgehead atoms. The zero-order valence-electron chi connectivity index (χ0n) is 19.5. The smallest absolute Gasteiger partial charge is 0.156 e. The molecule has 1 aromatic rings. The number of rotatable bonds is 6. The second-order valence-corrected chi connectivity index (χ2v) is 10.3. The lowest BCUT2D eigenvalue weighted by Crippen LogP contribution is -2.43. The van der Waals surface area contributed by atoms with Crippen molar-refractivity contribution in [1.82, 2.24) is 5.32 Å². The van der Waals surface area contributed by atoms with Crippen LogP contribution in [0.3, 0.4) is 0 Å². The van der Waals surface area contributed by atoms with Crippen LogP contribution in [-0.4, -0.2) is 31.3 Å². The third-order valence-corrected chi connectivity index (χ3v) is 8.50. The van der Waals surface area contributed by atoms with Crippen LogP contribution in [0.1, 0.15) is 63.4 Å². The van der Waals surface area contributed by atoms with Crippen molar-refractivity contribution in [2.24, 2.45) is 17.3 Å². The number of benzene rings is 1. The fourth-order valence-electron chi connectivity index (χ4n) is 6.93. The van der Waals surface area contributed by atoms with E-state index in [-0.39, 0.29) is 17.1 Å². The van der Waals surface area contributed by atoms with Gasteiger partial charge < -0.3 is 10.1 Å². The summed E-state index contributed by atoms with van der Waals surface area (Å²) in [5.41, 5.74) is 5.25. The molecular weight excluding hydrogens is 410 g/mol. The number of ketones is 2. The van der Waals surface area contributed by atoms with Crippen LogP contribution < -0.4 is 10.1 Å². The summed E-state index contributed by atoms with van der Waals surface area (Å²) in [6.07, 6.45) is 13.3. The van der Waals surface area contributed by atoms with E-state index in [1.54, 1.807) is 0 Å². The van der Waals surface area contributed by atoms with Gasteiger partial charge >= 0.3 is 0 Å². The van der Waals surface area contributed by atoms with Gasteiger partial charge in [0.25, 0.3) is 0 Å². The van der Waals surface area contributed by atoms with E-state index < -0.39 is 0 Å². The van der Waals surface area contributed by atoms with Crippen LogP contribution in [0.5, 0.6) is 5.75 Å². The van der Waals surface area contributed by atoms with Crippen LogP contribution in [0, 0.1) is 29.6 Å². The summed E-state index contributed by atoms with van der Waals surface area (Å²) in [6.45, 7) is 4.04. The average molecular weight is 444 g/mol. The molecule has 0 amide bonds. The van der Waals surface area contributed by atoms with Crippen molar-refractivity contribution >= 4 is 11.6 Å². The molecule has 0 spiro atoms. The molecule has 2 saturated carbocycles. The molecule has 4 atom stereocenters. The Hall–Kier alpha value is -2.64. The largest absolute Gasteiger partial charge is 0.492 e. The van der Waals surface area contributed by atoms with Gasteiger partial charge in [0.15, 0.2) is 5.78 Å². The van der Waals surface area contributed by atoms with E-state index in [1.807, 2.05) is 18.2 Å². The Kier molecular flexibility index (Phi) is 6.01. The van der Waals surface area contributed by atoms with Gasteiger partial charge in [-0.05, 0) is 78.9 Å². The summed E-state index contributed by atoms with van der Waals surface area (Å²) < 4.78 is 5.86. The molecule has 1 N–H and O–H groups in total.